The fraction of sp³-hybridized carbons (Fsp3) is 0.516. The van der Waals surface area contributed by atoms with Gasteiger partial charge in [-0.15, -0.1) is 0 Å². The lowest BCUT2D eigenvalue weighted by Crippen LogP contribution is -2.53. The number of likely N-dealkylation sites (N-methyl/N-ethyl adjacent to an activating group) is 1. The van der Waals surface area contributed by atoms with E-state index in [2.05, 4.69) is 10.6 Å². The van der Waals surface area contributed by atoms with Gasteiger partial charge in [-0.05, 0) is 70.7 Å². The van der Waals surface area contributed by atoms with E-state index >= 15 is 0 Å². The van der Waals surface area contributed by atoms with E-state index in [1.165, 1.54) is 23.5 Å². The van der Waals surface area contributed by atoms with Crippen molar-refractivity contribution in [3.8, 4) is 5.75 Å². The van der Waals surface area contributed by atoms with Gasteiger partial charge in [0.15, 0.2) is 0 Å². The summed E-state index contributed by atoms with van der Waals surface area (Å²) in [5.74, 6) is -0.548. The van der Waals surface area contributed by atoms with Crippen LogP contribution in [-0.4, -0.2) is 52.6 Å². The van der Waals surface area contributed by atoms with Crippen LogP contribution in [0, 0.1) is 13.8 Å². The highest BCUT2D eigenvalue weighted by Gasteiger charge is 2.35. The summed E-state index contributed by atoms with van der Waals surface area (Å²) in [6.07, 6.45) is 4.60. The van der Waals surface area contributed by atoms with Crippen molar-refractivity contribution >= 4 is 17.9 Å². The molecule has 8 heteroatoms. The summed E-state index contributed by atoms with van der Waals surface area (Å²) in [6.45, 7) is 9.18. The monoisotopic (exact) mass is 537 g/mol. The second kappa shape index (κ2) is 13.0. The molecule has 0 radical (unpaired) electrons. The maximum Gasteiger partial charge on any atom is 0.408 e. The van der Waals surface area contributed by atoms with Gasteiger partial charge in [-0.25, -0.2) is 4.79 Å². The normalized spacial score (nSPS) is 15.6. The van der Waals surface area contributed by atoms with Gasteiger partial charge in [0.05, 0.1) is 0 Å². The Kier molecular flexibility index (Phi) is 10.0. The molecular formula is C31H43N3O5. The van der Waals surface area contributed by atoms with Crippen LogP contribution in [0.5, 0.6) is 5.75 Å². The fourth-order valence-electron chi connectivity index (χ4n) is 5.14. The standard InChI is InChI=1S/C31H43N3O5/c1-20-16-21(2)18-23(17-20)27(28(36)32-24-10-8-7-9-11-24)34(6)29(37)26(33-30(38)39-31(3,4)5)19-22-12-14-25(35)15-13-22/h12-18,24,26-27,35H,7-11,19H2,1-6H3,(H,32,36)(H,33,38). The largest absolute Gasteiger partial charge is 0.508 e. The number of nitrogens with zero attached hydrogens (tertiary/aromatic N) is 1. The summed E-state index contributed by atoms with van der Waals surface area (Å²) in [6, 6.07) is 10.6. The second-order valence-corrected chi connectivity index (χ2v) is 11.7. The van der Waals surface area contributed by atoms with Crippen molar-refractivity contribution in [1.82, 2.24) is 15.5 Å². The molecule has 3 N–H and O–H groups in total. The number of alkyl carbamates (subject to hydrolysis) is 1. The third kappa shape index (κ3) is 9.01. The SMILES string of the molecule is Cc1cc(C)cc(C(C(=O)NC2CCCCC2)N(C)C(=O)C(Cc2ccc(O)cc2)NC(=O)OC(C)(C)C)c1. The quantitative estimate of drug-likeness (QED) is 0.435. The highest BCUT2D eigenvalue weighted by Crippen LogP contribution is 2.26. The van der Waals surface area contributed by atoms with Crippen LogP contribution in [0.15, 0.2) is 42.5 Å². The number of hydrogen-bond donors (Lipinski definition) is 3. The van der Waals surface area contributed by atoms with Gasteiger partial charge in [0.1, 0.15) is 23.4 Å². The van der Waals surface area contributed by atoms with Gasteiger partial charge >= 0.3 is 6.09 Å². The van der Waals surface area contributed by atoms with Crippen LogP contribution in [0.2, 0.25) is 0 Å². The number of amides is 3. The number of ether oxygens (including phenoxy) is 1. The maximum absolute atomic E-state index is 14.0. The molecule has 2 aromatic rings. The molecule has 0 saturated heterocycles. The molecule has 2 unspecified atom stereocenters. The van der Waals surface area contributed by atoms with E-state index in [9.17, 15) is 19.5 Å². The van der Waals surface area contributed by atoms with Gasteiger partial charge in [-0.2, -0.15) is 0 Å². The number of phenolic OH excluding ortho intramolecular Hbond substituents is 1. The zero-order valence-electron chi connectivity index (χ0n) is 24.0. The molecule has 8 nitrogen and oxygen atoms in total. The topological polar surface area (TPSA) is 108 Å². The van der Waals surface area contributed by atoms with E-state index in [1.807, 2.05) is 32.0 Å². The van der Waals surface area contributed by atoms with Crippen molar-refractivity contribution in [3.63, 3.8) is 0 Å². The van der Waals surface area contributed by atoms with Crippen molar-refractivity contribution in [2.75, 3.05) is 7.05 Å². The number of benzene rings is 2. The lowest BCUT2D eigenvalue weighted by Gasteiger charge is -2.33. The van der Waals surface area contributed by atoms with Crippen LogP contribution in [0.1, 0.15) is 81.2 Å². The number of rotatable bonds is 8. The van der Waals surface area contributed by atoms with E-state index in [-0.39, 0.29) is 24.1 Å². The van der Waals surface area contributed by atoms with Crippen molar-refractivity contribution in [2.45, 2.75) is 96.9 Å². The molecule has 2 atom stereocenters. The van der Waals surface area contributed by atoms with Crippen LogP contribution in [0.4, 0.5) is 4.79 Å². The Balaban J connectivity index is 1.93. The zero-order valence-corrected chi connectivity index (χ0v) is 24.0. The number of phenols is 1. The molecule has 0 bridgehead atoms. The van der Waals surface area contributed by atoms with Crippen LogP contribution in [0.3, 0.4) is 0 Å². The lowest BCUT2D eigenvalue weighted by molar-refractivity contribution is -0.141. The van der Waals surface area contributed by atoms with E-state index in [1.54, 1.807) is 40.0 Å². The van der Waals surface area contributed by atoms with Crippen molar-refractivity contribution in [3.05, 3.63) is 64.7 Å². The van der Waals surface area contributed by atoms with Gasteiger partial charge in [-0.1, -0.05) is 60.7 Å². The molecule has 0 aromatic heterocycles. The number of carbonyl (C=O) groups excluding carboxylic acids is 3. The molecule has 2 aromatic carbocycles. The zero-order chi connectivity index (χ0) is 28.7. The van der Waals surface area contributed by atoms with E-state index in [0.29, 0.717) is 0 Å². The third-order valence-electron chi connectivity index (χ3n) is 6.86. The minimum atomic E-state index is -0.995. The summed E-state index contributed by atoms with van der Waals surface area (Å²) in [5.41, 5.74) is 2.70. The third-order valence-corrected chi connectivity index (χ3v) is 6.86. The molecule has 212 valence electrons. The van der Waals surface area contributed by atoms with Crippen LogP contribution < -0.4 is 10.6 Å². The predicted octanol–water partition coefficient (Wildman–Crippen LogP) is 5.09. The number of carbonyl (C=O) groups is 3. The summed E-state index contributed by atoms with van der Waals surface area (Å²) in [4.78, 5) is 42.0. The Morgan fingerprint density at radius 1 is 1.00 bits per heavy atom. The Labute approximate surface area is 232 Å². The summed E-state index contributed by atoms with van der Waals surface area (Å²) in [7, 11) is 1.60. The molecule has 1 aliphatic carbocycles. The molecule has 3 rings (SSSR count). The smallest absolute Gasteiger partial charge is 0.408 e. The maximum atomic E-state index is 14.0. The van der Waals surface area contributed by atoms with Gasteiger partial charge in [-0.3, -0.25) is 9.59 Å². The summed E-state index contributed by atoms with van der Waals surface area (Å²) >= 11 is 0. The van der Waals surface area contributed by atoms with Gasteiger partial charge in [0.25, 0.3) is 0 Å². The first-order valence-electron chi connectivity index (χ1n) is 13.7. The fourth-order valence-corrected chi connectivity index (χ4v) is 5.14. The van der Waals surface area contributed by atoms with Gasteiger partial charge in [0.2, 0.25) is 11.8 Å². The minimum absolute atomic E-state index is 0.0795. The number of hydrogen-bond acceptors (Lipinski definition) is 5. The average Bonchev–Trinajstić information content (AvgIpc) is 2.83. The van der Waals surface area contributed by atoms with Gasteiger partial charge in [0, 0.05) is 19.5 Å². The molecule has 0 spiro atoms. The molecule has 3 amide bonds. The Morgan fingerprint density at radius 3 is 2.15 bits per heavy atom. The van der Waals surface area contributed by atoms with Crippen LogP contribution in [-0.2, 0) is 20.7 Å². The Bertz CT molecular complexity index is 1130. The highest BCUT2D eigenvalue weighted by atomic mass is 16.6. The Morgan fingerprint density at radius 2 is 1.59 bits per heavy atom. The molecule has 1 saturated carbocycles. The number of aryl methyl sites for hydroxylation is 2. The molecule has 1 aliphatic rings. The first-order valence-corrected chi connectivity index (χ1v) is 13.7. The van der Waals surface area contributed by atoms with E-state index in [4.69, 9.17) is 4.74 Å². The van der Waals surface area contributed by atoms with Crippen molar-refractivity contribution in [2.24, 2.45) is 0 Å². The molecule has 0 heterocycles. The van der Waals surface area contributed by atoms with Gasteiger partial charge < -0.3 is 25.4 Å². The minimum Gasteiger partial charge on any atom is -0.508 e. The summed E-state index contributed by atoms with van der Waals surface area (Å²) < 4.78 is 5.44. The van der Waals surface area contributed by atoms with Crippen LogP contribution >= 0.6 is 0 Å². The summed E-state index contributed by atoms with van der Waals surface area (Å²) in [5, 5.41) is 15.6. The average molecular weight is 538 g/mol. The molecule has 1 fully saturated rings. The molecular weight excluding hydrogens is 494 g/mol. The first-order chi connectivity index (χ1) is 18.3. The first kappa shape index (κ1) is 30.0. The number of nitrogens with one attached hydrogen (secondary N) is 2. The molecule has 0 aliphatic heterocycles. The van der Waals surface area contributed by atoms with E-state index < -0.39 is 29.7 Å². The van der Waals surface area contributed by atoms with Crippen molar-refractivity contribution < 1.29 is 24.2 Å². The number of aromatic hydroxyl groups is 1. The van der Waals surface area contributed by atoms with E-state index in [0.717, 1.165) is 47.9 Å². The molecule has 39 heavy (non-hydrogen) atoms. The van der Waals surface area contributed by atoms with Crippen molar-refractivity contribution in [1.29, 1.82) is 0 Å². The highest BCUT2D eigenvalue weighted by molar-refractivity contribution is 5.92. The van der Waals surface area contributed by atoms with Crippen LogP contribution in [0.25, 0.3) is 0 Å². The predicted molar refractivity (Wildman–Crippen MR) is 151 cm³/mol. The second-order valence-electron chi connectivity index (χ2n) is 11.7. The Hall–Kier alpha value is -3.55. The lowest BCUT2D eigenvalue weighted by atomic mass is 9.94.